The van der Waals surface area contributed by atoms with E-state index in [2.05, 4.69) is 0 Å². The molecular weight excluding hydrogens is 319 g/mol. The number of benzene rings is 1. The van der Waals surface area contributed by atoms with Crippen molar-refractivity contribution < 1.29 is 4.79 Å². The van der Waals surface area contributed by atoms with Crippen molar-refractivity contribution in [1.29, 1.82) is 0 Å². The van der Waals surface area contributed by atoms with Gasteiger partial charge in [0.05, 0.1) is 5.41 Å². The molecule has 0 atom stereocenters. The van der Waals surface area contributed by atoms with Gasteiger partial charge in [-0.25, -0.2) is 0 Å². The van der Waals surface area contributed by atoms with Gasteiger partial charge in [-0.3, -0.25) is 4.79 Å². The van der Waals surface area contributed by atoms with Crippen LogP contribution in [0.25, 0.3) is 6.08 Å². The highest BCUT2D eigenvalue weighted by Crippen LogP contribution is 2.27. The number of hydrogen-bond donors (Lipinski definition) is 0. The number of halogens is 2. The fourth-order valence-corrected chi connectivity index (χ4v) is 3.16. The van der Waals surface area contributed by atoms with Crippen LogP contribution in [0.15, 0.2) is 24.3 Å². The Labute approximate surface area is 143 Å². The molecule has 1 aromatic rings. The van der Waals surface area contributed by atoms with Gasteiger partial charge in [-0.15, -0.1) is 0 Å². The minimum atomic E-state index is -0.489. The second-order valence-corrected chi connectivity index (χ2v) is 7.18. The maximum absolute atomic E-state index is 12.7. The zero-order valence-corrected chi connectivity index (χ0v) is 15.4. The molecule has 3 nitrogen and oxygen atoms in total. The first kappa shape index (κ1) is 19.2. The van der Waals surface area contributed by atoms with Crippen LogP contribution >= 0.6 is 23.2 Å². The average molecular weight is 343 g/mol. The molecule has 0 radical (unpaired) electrons. The van der Waals surface area contributed by atoms with Gasteiger partial charge in [0.15, 0.2) is 5.78 Å². The number of ketones is 1. The highest BCUT2D eigenvalue weighted by atomic mass is 35.5. The molecule has 0 saturated carbocycles. The van der Waals surface area contributed by atoms with Crippen LogP contribution in [0.5, 0.6) is 0 Å². The second-order valence-electron chi connectivity index (χ2n) is 6.37. The fraction of sp³-hybridized carbons (Fsp3) is 0.471. The van der Waals surface area contributed by atoms with Crippen molar-refractivity contribution in [2.24, 2.45) is 5.41 Å². The van der Waals surface area contributed by atoms with E-state index in [-0.39, 0.29) is 5.78 Å². The van der Waals surface area contributed by atoms with E-state index in [1.165, 1.54) is 0 Å². The quantitative estimate of drug-likeness (QED) is 0.705. The van der Waals surface area contributed by atoms with Crippen LogP contribution < -0.4 is 0 Å². The van der Waals surface area contributed by atoms with Crippen molar-refractivity contribution in [2.75, 3.05) is 41.3 Å². The van der Waals surface area contributed by atoms with Crippen LogP contribution in [-0.4, -0.2) is 56.9 Å². The molecule has 1 rings (SSSR count). The summed E-state index contributed by atoms with van der Waals surface area (Å²) >= 11 is 12.3. The molecule has 122 valence electrons. The van der Waals surface area contributed by atoms with Gasteiger partial charge in [0.25, 0.3) is 0 Å². The van der Waals surface area contributed by atoms with Crippen molar-refractivity contribution in [1.82, 2.24) is 9.80 Å². The number of nitrogens with zero attached hydrogens (tertiary/aromatic N) is 2. The second kappa shape index (κ2) is 8.11. The Morgan fingerprint density at radius 2 is 1.55 bits per heavy atom. The summed E-state index contributed by atoms with van der Waals surface area (Å²) in [5, 5.41) is 1.08. The molecule has 0 aliphatic rings. The average Bonchev–Trinajstić information content (AvgIpc) is 2.35. The van der Waals surface area contributed by atoms with Gasteiger partial charge in [-0.05, 0) is 59.4 Å². The molecule has 1 aromatic carbocycles. The Kier molecular flexibility index (Phi) is 7.07. The summed E-state index contributed by atoms with van der Waals surface area (Å²) in [5.74, 6) is 0.0610. The Bertz CT molecular complexity index is 523. The number of rotatable bonds is 7. The first-order valence-electron chi connectivity index (χ1n) is 7.12. The van der Waals surface area contributed by atoms with E-state index in [1.807, 2.05) is 44.9 Å². The van der Waals surface area contributed by atoms with Gasteiger partial charge in [0, 0.05) is 28.7 Å². The lowest BCUT2D eigenvalue weighted by molar-refractivity contribution is -0.124. The Morgan fingerprint density at radius 3 is 1.95 bits per heavy atom. The number of allylic oxidation sites excluding steroid dienone is 1. The fourth-order valence-electron chi connectivity index (χ4n) is 2.63. The third-order valence-electron chi connectivity index (χ3n) is 3.33. The van der Waals surface area contributed by atoms with E-state index < -0.39 is 5.41 Å². The van der Waals surface area contributed by atoms with Crippen LogP contribution in [-0.2, 0) is 4.79 Å². The van der Waals surface area contributed by atoms with Gasteiger partial charge in [0.1, 0.15) is 0 Å². The van der Waals surface area contributed by atoms with Gasteiger partial charge < -0.3 is 9.80 Å². The molecule has 0 spiro atoms. The number of carbonyl (C=O) groups is 1. The lowest BCUT2D eigenvalue weighted by Gasteiger charge is -2.32. The maximum atomic E-state index is 12.7. The first-order chi connectivity index (χ1) is 10.2. The summed E-state index contributed by atoms with van der Waals surface area (Å²) in [4.78, 5) is 16.8. The van der Waals surface area contributed by atoms with Crippen molar-refractivity contribution in [2.45, 2.75) is 6.92 Å². The molecule has 0 N–H and O–H groups in total. The molecule has 0 aliphatic carbocycles. The molecule has 0 aliphatic heterocycles. The Morgan fingerprint density at radius 1 is 1.09 bits per heavy atom. The zero-order chi connectivity index (χ0) is 16.9. The monoisotopic (exact) mass is 342 g/mol. The van der Waals surface area contributed by atoms with Crippen molar-refractivity contribution in [3.63, 3.8) is 0 Å². The minimum Gasteiger partial charge on any atom is -0.308 e. The standard InChI is InChI=1S/C17H24Cl2N2O/c1-17(11-20(2)3,12-21(4)5)16(22)10-9-13-14(18)7-6-8-15(13)19/h6-10H,11-12H2,1-5H3. The van der Waals surface area contributed by atoms with E-state index in [0.29, 0.717) is 28.7 Å². The summed E-state index contributed by atoms with van der Waals surface area (Å²) in [6.45, 7) is 3.32. The molecular formula is C17H24Cl2N2O. The molecule has 0 saturated heterocycles. The molecule has 0 bridgehead atoms. The summed E-state index contributed by atoms with van der Waals surface area (Å²) in [6.07, 6.45) is 3.29. The summed E-state index contributed by atoms with van der Waals surface area (Å²) in [7, 11) is 7.87. The Hall–Kier alpha value is -0.870. The molecule has 22 heavy (non-hydrogen) atoms. The van der Waals surface area contributed by atoms with Crippen LogP contribution in [0.4, 0.5) is 0 Å². The predicted octanol–water partition coefficient (Wildman–Crippen LogP) is 3.71. The van der Waals surface area contributed by atoms with E-state index in [0.717, 1.165) is 0 Å². The largest absolute Gasteiger partial charge is 0.308 e. The lowest BCUT2D eigenvalue weighted by Crippen LogP contribution is -2.44. The molecule has 0 amide bonds. The molecule has 0 unspecified atom stereocenters. The Balaban J connectivity index is 3.02. The smallest absolute Gasteiger partial charge is 0.164 e. The molecule has 0 fully saturated rings. The molecule has 0 heterocycles. The van der Waals surface area contributed by atoms with Gasteiger partial charge in [-0.2, -0.15) is 0 Å². The van der Waals surface area contributed by atoms with E-state index >= 15 is 0 Å². The van der Waals surface area contributed by atoms with Crippen LogP contribution in [0.2, 0.25) is 10.0 Å². The van der Waals surface area contributed by atoms with Crippen molar-refractivity contribution in [3.05, 3.63) is 39.9 Å². The maximum Gasteiger partial charge on any atom is 0.164 e. The third kappa shape index (κ3) is 5.40. The molecule has 0 aromatic heterocycles. The summed E-state index contributed by atoms with van der Waals surface area (Å²) < 4.78 is 0. The highest BCUT2D eigenvalue weighted by Gasteiger charge is 2.32. The minimum absolute atomic E-state index is 0.0610. The van der Waals surface area contributed by atoms with Gasteiger partial charge in [0.2, 0.25) is 0 Å². The zero-order valence-electron chi connectivity index (χ0n) is 13.9. The van der Waals surface area contributed by atoms with Crippen LogP contribution in [0.1, 0.15) is 12.5 Å². The lowest BCUT2D eigenvalue weighted by atomic mass is 9.84. The van der Waals surface area contributed by atoms with E-state index in [1.54, 1.807) is 30.4 Å². The SMILES string of the molecule is CN(C)CC(C)(CN(C)C)C(=O)C=Cc1c(Cl)cccc1Cl. The van der Waals surface area contributed by atoms with Gasteiger partial charge >= 0.3 is 0 Å². The molecule has 5 heteroatoms. The first-order valence-corrected chi connectivity index (χ1v) is 7.87. The summed E-state index contributed by atoms with van der Waals surface area (Å²) in [5.41, 5.74) is 0.188. The third-order valence-corrected chi connectivity index (χ3v) is 3.99. The van der Waals surface area contributed by atoms with E-state index in [9.17, 15) is 4.79 Å². The number of carbonyl (C=O) groups excluding carboxylic acids is 1. The normalized spacial score (nSPS) is 12.6. The topological polar surface area (TPSA) is 23.6 Å². The number of hydrogen-bond acceptors (Lipinski definition) is 3. The predicted molar refractivity (Wildman–Crippen MR) is 95.7 cm³/mol. The van der Waals surface area contributed by atoms with Crippen LogP contribution in [0, 0.1) is 5.41 Å². The van der Waals surface area contributed by atoms with E-state index in [4.69, 9.17) is 23.2 Å². The van der Waals surface area contributed by atoms with Gasteiger partial charge in [-0.1, -0.05) is 29.3 Å². The summed E-state index contributed by atoms with van der Waals surface area (Å²) in [6, 6.07) is 5.30. The van der Waals surface area contributed by atoms with Crippen molar-refractivity contribution in [3.8, 4) is 0 Å². The van der Waals surface area contributed by atoms with Crippen molar-refractivity contribution >= 4 is 35.1 Å². The highest BCUT2D eigenvalue weighted by molar-refractivity contribution is 6.37. The van der Waals surface area contributed by atoms with Crippen LogP contribution in [0.3, 0.4) is 0 Å².